The second-order valence-electron chi connectivity index (χ2n) is 3.83. The van der Waals surface area contributed by atoms with Crippen LogP contribution >= 0.6 is 0 Å². The summed E-state index contributed by atoms with van der Waals surface area (Å²) < 4.78 is 32.1. The van der Waals surface area contributed by atoms with E-state index in [1.54, 1.807) is 6.92 Å². The fraction of sp³-hybridized carbons (Fsp3) is 0.143. The Labute approximate surface area is 98.7 Å². The van der Waals surface area contributed by atoms with Crippen molar-refractivity contribution >= 4 is 0 Å². The zero-order valence-corrected chi connectivity index (χ0v) is 9.41. The molecule has 17 heavy (non-hydrogen) atoms. The lowest BCUT2D eigenvalue weighted by molar-refractivity contribution is 0.274. The van der Waals surface area contributed by atoms with Crippen LogP contribution in [-0.2, 0) is 6.61 Å². The van der Waals surface area contributed by atoms with Crippen LogP contribution in [0.3, 0.4) is 0 Å². The highest BCUT2D eigenvalue weighted by atomic mass is 19.1. The maximum absolute atomic E-state index is 13.4. The van der Waals surface area contributed by atoms with Crippen molar-refractivity contribution < 1.29 is 13.5 Å². The summed E-state index contributed by atoms with van der Waals surface area (Å²) in [5.41, 5.74) is 1.40. The molecule has 2 rings (SSSR count). The Hall–Kier alpha value is -1.90. The quantitative estimate of drug-likeness (QED) is 0.783. The lowest BCUT2D eigenvalue weighted by atomic mass is 10.2. The first-order valence-corrected chi connectivity index (χ1v) is 5.29. The Bertz CT molecular complexity index is 486. The molecule has 2 aromatic carbocycles. The number of hydrogen-bond donors (Lipinski definition) is 0. The summed E-state index contributed by atoms with van der Waals surface area (Å²) >= 11 is 0. The van der Waals surface area contributed by atoms with E-state index in [9.17, 15) is 8.78 Å². The molecule has 0 aromatic heterocycles. The van der Waals surface area contributed by atoms with Crippen LogP contribution in [-0.4, -0.2) is 0 Å². The van der Waals surface area contributed by atoms with Gasteiger partial charge in [0.15, 0.2) is 17.4 Å². The van der Waals surface area contributed by atoms with Gasteiger partial charge in [-0.2, -0.15) is 0 Å². The van der Waals surface area contributed by atoms with Gasteiger partial charge in [0.2, 0.25) is 0 Å². The topological polar surface area (TPSA) is 9.23 Å². The smallest absolute Gasteiger partial charge is 0.191 e. The summed E-state index contributed by atoms with van der Waals surface area (Å²) in [6.07, 6.45) is 0. The van der Waals surface area contributed by atoms with Gasteiger partial charge in [0.25, 0.3) is 0 Å². The summed E-state index contributed by atoms with van der Waals surface area (Å²) in [5, 5.41) is 0. The Morgan fingerprint density at radius 3 is 2.18 bits per heavy atom. The normalized spacial score (nSPS) is 10.3. The standard InChI is InChI=1S/C14H12F2O/c1-10-7-12(15)14(13(16)8-10)17-9-11-5-3-2-4-6-11/h2-8H,9H2,1H3. The predicted molar refractivity (Wildman–Crippen MR) is 61.9 cm³/mol. The molecule has 88 valence electrons. The molecule has 0 aliphatic rings. The first-order valence-electron chi connectivity index (χ1n) is 5.29. The molecule has 0 aliphatic heterocycles. The molecule has 0 atom stereocenters. The van der Waals surface area contributed by atoms with Gasteiger partial charge in [-0.3, -0.25) is 0 Å². The van der Waals surface area contributed by atoms with Gasteiger partial charge in [0.1, 0.15) is 6.61 Å². The van der Waals surface area contributed by atoms with Crippen LogP contribution in [0, 0.1) is 18.6 Å². The third-order valence-electron chi connectivity index (χ3n) is 2.37. The van der Waals surface area contributed by atoms with Crippen molar-refractivity contribution in [3.8, 4) is 5.75 Å². The second kappa shape index (κ2) is 4.95. The summed E-state index contributed by atoms with van der Waals surface area (Å²) in [5.74, 6) is -1.66. The van der Waals surface area contributed by atoms with Crippen molar-refractivity contribution in [3.63, 3.8) is 0 Å². The third-order valence-corrected chi connectivity index (χ3v) is 2.37. The van der Waals surface area contributed by atoms with Crippen LogP contribution < -0.4 is 4.74 Å². The molecule has 2 aromatic rings. The van der Waals surface area contributed by atoms with Crippen LogP contribution in [0.1, 0.15) is 11.1 Å². The number of halogens is 2. The molecule has 0 heterocycles. The van der Waals surface area contributed by atoms with Crippen molar-refractivity contribution in [2.75, 3.05) is 0 Å². The number of ether oxygens (including phenoxy) is 1. The average Bonchev–Trinajstić information content (AvgIpc) is 2.29. The van der Waals surface area contributed by atoms with Gasteiger partial charge in [-0.25, -0.2) is 8.78 Å². The monoisotopic (exact) mass is 234 g/mol. The molecule has 0 spiro atoms. The molecule has 3 heteroatoms. The molecule has 0 saturated carbocycles. The summed E-state index contributed by atoms with van der Waals surface area (Å²) in [6.45, 7) is 1.78. The van der Waals surface area contributed by atoms with Crippen LogP contribution in [0.25, 0.3) is 0 Å². The first kappa shape index (κ1) is 11.6. The molecule has 0 N–H and O–H groups in total. The summed E-state index contributed by atoms with van der Waals surface area (Å²) in [4.78, 5) is 0. The van der Waals surface area contributed by atoms with Gasteiger partial charge < -0.3 is 4.74 Å². The zero-order chi connectivity index (χ0) is 12.3. The van der Waals surface area contributed by atoms with Crippen LogP contribution in [0.15, 0.2) is 42.5 Å². The fourth-order valence-electron chi connectivity index (χ4n) is 1.55. The Morgan fingerprint density at radius 2 is 1.59 bits per heavy atom. The minimum Gasteiger partial charge on any atom is -0.483 e. The second-order valence-corrected chi connectivity index (χ2v) is 3.83. The molecule has 0 aliphatic carbocycles. The van der Waals surface area contributed by atoms with Gasteiger partial charge in [-0.05, 0) is 30.2 Å². The number of rotatable bonds is 3. The summed E-state index contributed by atoms with van der Waals surface area (Å²) in [6, 6.07) is 11.7. The predicted octanol–water partition coefficient (Wildman–Crippen LogP) is 3.85. The minimum absolute atomic E-state index is 0.151. The van der Waals surface area contributed by atoms with Gasteiger partial charge in [-0.1, -0.05) is 30.3 Å². The van der Waals surface area contributed by atoms with Crippen LogP contribution in [0.2, 0.25) is 0 Å². The highest BCUT2D eigenvalue weighted by Gasteiger charge is 2.11. The largest absolute Gasteiger partial charge is 0.483 e. The van der Waals surface area contributed by atoms with E-state index in [1.165, 1.54) is 12.1 Å². The molecule has 0 saturated heterocycles. The van der Waals surface area contributed by atoms with E-state index in [-0.39, 0.29) is 12.4 Å². The highest BCUT2D eigenvalue weighted by molar-refractivity contribution is 5.31. The highest BCUT2D eigenvalue weighted by Crippen LogP contribution is 2.23. The lowest BCUT2D eigenvalue weighted by Crippen LogP contribution is -2.00. The van der Waals surface area contributed by atoms with E-state index in [0.717, 1.165) is 5.56 Å². The fourth-order valence-corrected chi connectivity index (χ4v) is 1.55. The summed E-state index contributed by atoms with van der Waals surface area (Å²) in [7, 11) is 0. The van der Waals surface area contributed by atoms with E-state index in [4.69, 9.17) is 4.74 Å². The Morgan fingerprint density at radius 1 is 1.00 bits per heavy atom. The SMILES string of the molecule is Cc1cc(F)c(OCc2ccccc2)c(F)c1. The molecular formula is C14H12F2O. The number of aryl methyl sites for hydroxylation is 1. The van der Waals surface area contributed by atoms with Crippen molar-refractivity contribution in [2.24, 2.45) is 0 Å². The number of hydrogen-bond acceptors (Lipinski definition) is 1. The van der Waals surface area contributed by atoms with E-state index in [0.29, 0.717) is 5.56 Å². The van der Waals surface area contributed by atoms with Gasteiger partial charge >= 0.3 is 0 Å². The van der Waals surface area contributed by atoms with E-state index < -0.39 is 11.6 Å². The molecule has 0 unspecified atom stereocenters. The Balaban J connectivity index is 2.15. The third kappa shape index (κ3) is 2.81. The van der Waals surface area contributed by atoms with E-state index in [2.05, 4.69) is 0 Å². The lowest BCUT2D eigenvalue weighted by Gasteiger charge is -2.09. The number of benzene rings is 2. The molecular weight excluding hydrogens is 222 g/mol. The van der Waals surface area contributed by atoms with E-state index in [1.807, 2.05) is 30.3 Å². The maximum atomic E-state index is 13.4. The molecule has 0 amide bonds. The Kier molecular flexibility index (Phi) is 3.38. The van der Waals surface area contributed by atoms with Gasteiger partial charge in [-0.15, -0.1) is 0 Å². The van der Waals surface area contributed by atoms with Crippen molar-refractivity contribution in [3.05, 3.63) is 65.2 Å². The van der Waals surface area contributed by atoms with Gasteiger partial charge in [0, 0.05) is 0 Å². The first-order chi connectivity index (χ1) is 8.16. The zero-order valence-electron chi connectivity index (χ0n) is 9.41. The molecule has 0 radical (unpaired) electrons. The minimum atomic E-state index is -0.668. The molecule has 1 nitrogen and oxygen atoms in total. The van der Waals surface area contributed by atoms with Gasteiger partial charge in [0.05, 0.1) is 0 Å². The van der Waals surface area contributed by atoms with Crippen molar-refractivity contribution in [1.82, 2.24) is 0 Å². The van der Waals surface area contributed by atoms with Crippen LogP contribution in [0.4, 0.5) is 8.78 Å². The van der Waals surface area contributed by atoms with Crippen molar-refractivity contribution in [2.45, 2.75) is 13.5 Å². The van der Waals surface area contributed by atoms with E-state index >= 15 is 0 Å². The average molecular weight is 234 g/mol. The van der Waals surface area contributed by atoms with Crippen LogP contribution in [0.5, 0.6) is 5.75 Å². The van der Waals surface area contributed by atoms with Crippen molar-refractivity contribution in [1.29, 1.82) is 0 Å². The molecule has 0 fully saturated rings. The maximum Gasteiger partial charge on any atom is 0.191 e. The molecule has 0 bridgehead atoms.